The van der Waals surface area contributed by atoms with Crippen molar-refractivity contribution < 1.29 is 22.7 Å². The number of piperidine rings is 1. The number of rotatable bonds is 7. The van der Waals surface area contributed by atoms with Gasteiger partial charge in [0.05, 0.1) is 23.9 Å². The maximum absolute atomic E-state index is 12.8. The molecule has 1 aliphatic carbocycles. The van der Waals surface area contributed by atoms with E-state index in [4.69, 9.17) is 9.47 Å². The zero-order valence-corrected chi connectivity index (χ0v) is 17.6. The van der Waals surface area contributed by atoms with Crippen molar-refractivity contribution in [1.29, 1.82) is 0 Å². The summed E-state index contributed by atoms with van der Waals surface area (Å²) >= 11 is 0. The van der Waals surface area contributed by atoms with Crippen molar-refractivity contribution in [2.75, 3.05) is 25.5 Å². The minimum absolute atomic E-state index is 0.0379. The summed E-state index contributed by atoms with van der Waals surface area (Å²) in [6, 6.07) is 9.90. The third-order valence-corrected chi connectivity index (χ3v) is 7.25. The number of amides is 1. The van der Waals surface area contributed by atoms with Crippen LogP contribution in [0.2, 0.25) is 0 Å². The first-order chi connectivity index (χ1) is 14.5. The number of carbonyl (C=O) groups excluding carboxylic acids is 1. The lowest BCUT2D eigenvalue weighted by molar-refractivity contribution is -0.117. The van der Waals surface area contributed by atoms with Gasteiger partial charge < -0.3 is 14.8 Å². The van der Waals surface area contributed by atoms with Crippen molar-refractivity contribution in [2.45, 2.75) is 36.7 Å². The highest BCUT2D eigenvalue weighted by Crippen LogP contribution is 2.30. The van der Waals surface area contributed by atoms with Crippen LogP contribution in [0.25, 0.3) is 0 Å². The molecule has 1 aromatic heterocycles. The van der Waals surface area contributed by atoms with Crippen molar-refractivity contribution in [2.24, 2.45) is 5.92 Å². The van der Waals surface area contributed by atoms with Gasteiger partial charge >= 0.3 is 0 Å². The number of aromatic nitrogens is 1. The van der Waals surface area contributed by atoms with Crippen molar-refractivity contribution in [3.8, 4) is 11.6 Å². The maximum Gasteiger partial charge on any atom is 0.243 e. The zero-order chi connectivity index (χ0) is 21.1. The minimum Gasteiger partial charge on any atom is -0.497 e. The Hall–Kier alpha value is -2.65. The molecule has 1 saturated heterocycles. The molecule has 1 aromatic carbocycles. The van der Waals surface area contributed by atoms with Gasteiger partial charge in [0.25, 0.3) is 0 Å². The Morgan fingerprint density at radius 2 is 1.77 bits per heavy atom. The lowest BCUT2D eigenvalue weighted by Gasteiger charge is -2.31. The monoisotopic (exact) mass is 431 g/mol. The van der Waals surface area contributed by atoms with Crippen LogP contribution in [0, 0.1) is 5.92 Å². The molecule has 2 aliphatic rings. The van der Waals surface area contributed by atoms with Crippen LogP contribution in [0.4, 0.5) is 5.69 Å². The predicted octanol–water partition coefficient (Wildman–Crippen LogP) is 2.67. The average molecular weight is 432 g/mol. The van der Waals surface area contributed by atoms with Gasteiger partial charge in [0.15, 0.2) is 0 Å². The molecule has 0 radical (unpaired) electrons. The molecule has 1 saturated carbocycles. The highest BCUT2D eigenvalue weighted by Gasteiger charge is 2.31. The van der Waals surface area contributed by atoms with E-state index >= 15 is 0 Å². The summed E-state index contributed by atoms with van der Waals surface area (Å²) in [5.74, 6) is 1.26. The van der Waals surface area contributed by atoms with E-state index in [2.05, 4.69) is 10.3 Å². The molecule has 1 amide bonds. The Kier molecular flexibility index (Phi) is 5.92. The first-order valence-corrected chi connectivity index (χ1v) is 11.5. The molecule has 1 N–H and O–H groups in total. The fourth-order valence-electron chi connectivity index (χ4n) is 3.37. The molecule has 0 spiro atoms. The van der Waals surface area contributed by atoms with Crippen LogP contribution in [0.15, 0.2) is 47.5 Å². The van der Waals surface area contributed by atoms with Crippen molar-refractivity contribution in [1.82, 2.24) is 9.29 Å². The van der Waals surface area contributed by atoms with E-state index in [1.54, 1.807) is 49.7 Å². The third kappa shape index (κ3) is 4.73. The lowest BCUT2D eigenvalue weighted by atomic mass is 10.1. The molecule has 0 atom stereocenters. The number of nitrogens with zero attached hydrogens (tertiary/aromatic N) is 2. The average Bonchev–Trinajstić information content (AvgIpc) is 3.61. The van der Waals surface area contributed by atoms with Crippen LogP contribution < -0.4 is 14.8 Å². The normalized spacial score (nSPS) is 18.0. The number of methoxy groups -OCH3 is 1. The predicted molar refractivity (Wildman–Crippen MR) is 111 cm³/mol. The summed E-state index contributed by atoms with van der Waals surface area (Å²) in [6.07, 6.45) is 4.54. The summed E-state index contributed by atoms with van der Waals surface area (Å²) in [5.41, 5.74) is 0.652. The van der Waals surface area contributed by atoms with Crippen LogP contribution in [-0.2, 0) is 14.8 Å². The fraction of sp³-hybridized carbons (Fsp3) is 0.429. The Bertz CT molecular complexity index is 980. The van der Waals surface area contributed by atoms with Crippen LogP contribution in [-0.4, -0.2) is 49.9 Å². The Morgan fingerprint density at radius 1 is 1.07 bits per heavy atom. The number of nitrogens with one attached hydrogen (secondary N) is 1. The number of pyridine rings is 1. The summed E-state index contributed by atoms with van der Waals surface area (Å²) in [7, 11) is -1.99. The quantitative estimate of drug-likeness (QED) is 0.724. The molecular weight excluding hydrogens is 406 g/mol. The second-order valence-electron chi connectivity index (χ2n) is 7.55. The van der Waals surface area contributed by atoms with Crippen LogP contribution in [0.5, 0.6) is 11.6 Å². The second-order valence-corrected chi connectivity index (χ2v) is 9.48. The number of carbonyl (C=O) groups is 1. The smallest absolute Gasteiger partial charge is 0.243 e. The van der Waals surface area contributed by atoms with E-state index in [1.807, 2.05) is 0 Å². The Balaban J connectivity index is 1.30. The van der Waals surface area contributed by atoms with Gasteiger partial charge in [0, 0.05) is 25.1 Å². The first-order valence-electron chi connectivity index (χ1n) is 10.0. The lowest BCUT2D eigenvalue weighted by Crippen LogP contribution is -2.41. The Morgan fingerprint density at radius 3 is 2.33 bits per heavy atom. The summed E-state index contributed by atoms with van der Waals surface area (Å²) in [6.45, 7) is 0.767. The summed E-state index contributed by atoms with van der Waals surface area (Å²) < 4.78 is 38.1. The van der Waals surface area contributed by atoms with Gasteiger partial charge in [-0.2, -0.15) is 4.31 Å². The molecule has 4 rings (SSSR count). The fourth-order valence-corrected chi connectivity index (χ4v) is 4.84. The van der Waals surface area contributed by atoms with Gasteiger partial charge in [0.2, 0.25) is 21.8 Å². The van der Waals surface area contributed by atoms with E-state index in [9.17, 15) is 13.2 Å². The van der Waals surface area contributed by atoms with Gasteiger partial charge in [-0.15, -0.1) is 0 Å². The third-order valence-electron chi connectivity index (χ3n) is 5.34. The highest BCUT2D eigenvalue weighted by molar-refractivity contribution is 7.89. The van der Waals surface area contributed by atoms with E-state index < -0.39 is 10.0 Å². The van der Waals surface area contributed by atoms with Gasteiger partial charge in [-0.05, 0) is 56.0 Å². The first kappa shape index (κ1) is 20.6. The SMILES string of the molecule is COc1ccc(S(=O)(=O)N2CCC(Oc3ccc(NC(=O)C4CC4)cn3)CC2)cc1. The van der Waals surface area contributed by atoms with Gasteiger partial charge in [-0.3, -0.25) is 4.79 Å². The standard InChI is InChI=1S/C21H25N3O5S/c1-28-17-5-7-19(8-6-17)30(26,27)24-12-10-18(11-13-24)29-20-9-4-16(14-22-20)23-21(25)15-2-3-15/h4-9,14-15,18H,2-3,10-13H2,1H3,(H,23,25). The van der Waals surface area contributed by atoms with Crippen LogP contribution >= 0.6 is 0 Å². The van der Waals surface area contributed by atoms with E-state index in [1.165, 1.54) is 4.31 Å². The molecule has 8 nitrogen and oxygen atoms in total. The molecule has 2 heterocycles. The number of sulfonamides is 1. The number of benzene rings is 1. The second kappa shape index (κ2) is 8.61. The van der Waals surface area contributed by atoms with Crippen molar-refractivity contribution in [3.05, 3.63) is 42.6 Å². The topological polar surface area (TPSA) is 97.8 Å². The largest absolute Gasteiger partial charge is 0.497 e. The van der Waals surface area contributed by atoms with Gasteiger partial charge in [0.1, 0.15) is 11.9 Å². The van der Waals surface area contributed by atoms with Crippen molar-refractivity contribution >= 4 is 21.6 Å². The van der Waals surface area contributed by atoms with E-state index in [0.717, 1.165) is 12.8 Å². The summed E-state index contributed by atoms with van der Waals surface area (Å²) in [5, 5.41) is 2.84. The van der Waals surface area contributed by atoms with E-state index in [-0.39, 0.29) is 22.8 Å². The van der Waals surface area contributed by atoms with E-state index in [0.29, 0.717) is 43.2 Å². The van der Waals surface area contributed by atoms with Crippen LogP contribution in [0.1, 0.15) is 25.7 Å². The highest BCUT2D eigenvalue weighted by atomic mass is 32.2. The molecule has 30 heavy (non-hydrogen) atoms. The van der Waals surface area contributed by atoms with Crippen molar-refractivity contribution in [3.63, 3.8) is 0 Å². The molecule has 0 unspecified atom stereocenters. The molecular formula is C21H25N3O5S. The minimum atomic E-state index is -3.54. The molecule has 1 aliphatic heterocycles. The molecule has 160 valence electrons. The number of ether oxygens (including phenoxy) is 2. The summed E-state index contributed by atoms with van der Waals surface area (Å²) in [4.78, 5) is 16.3. The zero-order valence-electron chi connectivity index (χ0n) is 16.8. The molecule has 2 aromatic rings. The Labute approximate surface area is 176 Å². The maximum atomic E-state index is 12.8. The number of hydrogen-bond acceptors (Lipinski definition) is 6. The molecule has 2 fully saturated rings. The molecule has 9 heteroatoms. The van der Waals surface area contributed by atoms with Gasteiger partial charge in [-0.1, -0.05) is 0 Å². The van der Waals surface area contributed by atoms with Crippen LogP contribution in [0.3, 0.4) is 0 Å². The number of anilines is 1. The van der Waals surface area contributed by atoms with Gasteiger partial charge in [-0.25, -0.2) is 13.4 Å². The number of hydrogen-bond donors (Lipinski definition) is 1. The molecule has 0 bridgehead atoms.